The van der Waals surface area contributed by atoms with Crippen molar-refractivity contribution >= 4 is 34.6 Å². The topological polar surface area (TPSA) is 74.7 Å². The van der Waals surface area contributed by atoms with Gasteiger partial charge in [-0.05, 0) is 50.1 Å². The number of aromatic nitrogens is 1. The first-order valence-electron chi connectivity index (χ1n) is 9.18. The Balaban J connectivity index is 0.00000126. The van der Waals surface area contributed by atoms with Crippen molar-refractivity contribution in [2.45, 2.75) is 39.7 Å². The molecule has 2 aromatic rings. The van der Waals surface area contributed by atoms with Crippen LogP contribution in [0.25, 0.3) is 0 Å². The summed E-state index contributed by atoms with van der Waals surface area (Å²) in [5.41, 5.74) is 2.36. The number of piperidine rings is 1. The Labute approximate surface area is 164 Å². The highest BCUT2D eigenvalue weighted by Gasteiger charge is 2.21. The smallest absolute Gasteiger partial charge is 0.159 e. The normalized spacial score (nSPS) is 14.1. The van der Waals surface area contributed by atoms with Crippen molar-refractivity contribution in [1.29, 1.82) is 0 Å². The van der Waals surface area contributed by atoms with Gasteiger partial charge in [0.2, 0.25) is 0 Å². The summed E-state index contributed by atoms with van der Waals surface area (Å²) in [6, 6.07) is 10.9. The van der Waals surface area contributed by atoms with Gasteiger partial charge in [0.05, 0.1) is 6.04 Å². The molecule has 0 bridgehead atoms. The van der Waals surface area contributed by atoms with E-state index < -0.39 is 0 Å². The SMILES string of the molecule is CC.CC(=O)c1ccc(Nc2cc(Cl)nc(N3CCC(N=O)CC3)c2)cc1. The maximum Gasteiger partial charge on any atom is 0.159 e. The van der Waals surface area contributed by atoms with Crippen LogP contribution in [0, 0.1) is 4.91 Å². The Hall–Kier alpha value is -2.47. The summed E-state index contributed by atoms with van der Waals surface area (Å²) in [5.74, 6) is 0.814. The second kappa shape index (κ2) is 10.0. The van der Waals surface area contributed by atoms with Crippen molar-refractivity contribution in [1.82, 2.24) is 4.98 Å². The molecule has 1 fully saturated rings. The van der Waals surface area contributed by atoms with E-state index in [0.717, 1.165) is 43.1 Å². The molecule has 0 spiro atoms. The molecule has 0 atom stereocenters. The van der Waals surface area contributed by atoms with Gasteiger partial charge >= 0.3 is 0 Å². The summed E-state index contributed by atoms with van der Waals surface area (Å²) in [6.45, 7) is 7.01. The van der Waals surface area contributed by atoms with E-state index in [-0.39, 0.29) is 11.8 Å². The molecule has 1 aliphatic heterocycles. The summed E-state index contributed by atoms with van der Waals surface area (Å²) in [5, 5.41) is 6.80. The summed E-state index contributed by atoms with van der Waals surface area (Å²) < 4.78 is 0. The highest BCUT2D eigenvalue weighted by atomic mass is 35.5. The number of benzene rings is 1. The van der Waals surface area contributed by atoms with Crippen LogP contribution >= 0.6 is 11.6 Å². The number of halogens is 1. The monoisotopic (exact) mass is 388 g/mol. The summed E-state index contributed by atoms with van der Waals surface area (Å²) in [7, 11) is 0. The minimum Gasteiger partial charge on any atom is -0.356 e. The van der Waals surface area contributed by atoms with E-state index in [1.165, 1.54) is 0 Å². The molecular formula is C20H25ClN4O2. The van der Waals surface area contributed by atoms with Crippen LogP contribution in [0.5, 0.6) is 0 Å². The van der Waals surface area contributed by atoms with Gasteiger partial charge in [0.1, 0.15) is 11.0 Å². The minimum atomic E-state index is -0.104. The van der Waals surface area contributed by atoms with E-state index in [1.807, 2.05) is 32.0 Å². The molecule has 27 heavy (non-hydrogen) atoms. The molecule has 2 heterocycles. The van der Waals surface area contributed by atoms with Crippen molar-refractivity contribution in [2.24, 2.45) is 5.18 Å². The number of Topliss-reactive ketones (excluding diaryl/α,β-unsaturated/α-hetero) is 1. The van der Waals surface area contributed by atoms with E-state index in [1.54, 1.807) is 25.1 Å². The number of carbonyl (C=O) groups is 1. The lowest BCUT2D eigenvalue weighted by Crippen LogP contribution is -2.35. The Kier molecular flexibility index (Phi) is 7.73. The average Bonchev–Trinajstić information content (AvgIpc) is 2.69. The van der Waals surface area contributed by atoms with Crippen LogP contribution in [0.15, 0.2) is 41.6 Å². The van der Waals surface area contributed by atoms with Crippen molar-refractivity contribution in [3.8, 4) is 0 Å². The van der Waals surface area contributed by atoms with E-state index in [4.69, 9.17) is 11.6 Å². The van der Waals surface area contributed by atoms with Gasteiger partial charge in [0.15, 0.2) is 5.78 Å². The Morgan fingerprint density at radius 3 is 2.33 bits per heavy atom. The number of anilines is 3. The molecule has 6 nitrogen and oxygen atoms in total. The molecule has 0 aliphatic carbocycles. The van der Waals surface area contributed by atoms with Crippen molar-refractivity contribution < 1.29 is 4.79 Å². The fraction of sp³-hybridized carbons (Fsp3) is 0.400. The number of carbonyl (C=O) groups excluding carboxylic acids is 1. The van der Waals surface area contributed by atoms with E-state index >= 15 is 0 Å². The molecule has 0 unspecified atom stereocenters. The number of nitroso groups, excluding NO2 is 1. The van der Waals surface area contributed by atoms with Crippen LogP contribution in [0.1, 0.15) is 44.0 Å². The predicted octanol–water partition coefficient (Wildman–Crippen LogP) is 5.44. The van der Waals surface area contributed by atoms with Crippen molar-refractivity contribution in [3.05, 3.63) is 52.0 Å². The molecule has 1 saturated heterocycles. The van der Waals surface area contributed by atoms with Crippen LogP contribution in [-0.2, 0) is 0 Å². The van der Waals surface area contributed by atoms with E-state index in [2.05, 4.69) is 20.4 Å². The van der Waals surface area contributed by atoms with Crippen LogP contribution in [0.3, 0.4) is 0 Å². The lowest BCUT2D eigenvalue weighted by Gasteiger charge is -2.30. The Morgan fingerprint density at radius 1 is 1.15 bits per heavy atom. The summed E-state index contributed by atoms with van der Waals surface area (Å²) in [6.07, 6.45) is 1.46. The molecule has 144 valence electrons. The standard InChI is InChI=1S/C18H19ClN4O2.C2H6/c1-12(24)13-2-4-14(5-3-13)20-16-10-17(19)21-18(11-16)23-8-6-15(22-25)7-9-23;1-2/h2-5,10-11,15H,6-9H2,1H3,(H,20,21);1-2H3. The highest BCUT2D eigenvalue weighted by Crippen LogP contribution is 2.27. The van der Waals surface area contributed by atoms with Crippen LogP contribution in [0.2, 0.25) is 5.15 Å². The van der Waals surface area contributed by atoms with Gasteiger partial charge in [-0.25, -0.2) is 4.98 Å². The van der Waals surface area contributed by atoms with Gasteiger partial charge in [0, 0.05) is 36.1 Å². The molecule has 1 N–H and O–H groups in total. The molecule has 0 radical (unpaired) electrons. The van der Waals surface area contributed by atoms with E-state index in [9.17, 15) is 9.70 Å². The van der Waals surface area contributed by atoms with Gasteiger partial charge in [-0.2, -0.15) is 4.91 Å². The fourth-order valence-electron chi connectivity index (χ4n) is 2.87. The number of hydrogen-bond donors (Lipinski definition) is 1. The first kappa shape index (κ1) is 20.8. The quantitative estimate of drug-likeness (QED) is 0.419. The number of rotatable bonds is 5. The highest BCUT2D eigenvalue weighted by molar-refractivity contribution is 6.29. The third-order valence-electron chi connectivity index (χ3n) is 4.30. The second-order valence-electron chi connectivity index (χ2n) is 6.12. The summed E-state index contributed by atoms with van der Waals surface area (Å²) in [4.78, 5) is 28.5. The van der Waals surface area contributed by atoms with Gasteiger partial charge < -0.3 is 10.2 Å². The molecule has 7 heteroatoms. The minimum absolute atomic E-state index is 0.0361. The van der Waals surface area contributed by atoms with Gasteiger partial charge in [-0.1, -0.05) is 30.6 Å². The number of hydrogen-bond acceptors (Lipinski definition) is 6. The van der Waals surface area contributed by atoms with Gasteiger partial charge in [0.25, 0.3) is 0 Å². The number of nitrogens with one attached hydrogen (secondary N) is 1. The first-order valence-corrected chi connectivity index (χ1v) is 9.56. The lowest BCUT2D eigenvalue weighted by molar-refractivity contribution is 0.101. The zero-order valence-corrected chi connectivity index (χ0v) is 16.7. The number of nitrogens with zero attached hydrogens (tertiary/aromatic N) is 3. The zero-order valence-electron chi connectivity index (χ0n) is 15.9. The predicted molar refractivity (Wildman–Crippen MR) is 111 cm³/mol. The number of ketones is 1. The maximum absolute atomic E-state index is 11.3. The van der Waals surface area contributed by atoms with E-state index in [0.29, 0.717) is 10.7 Å². The third kappa shape index (κ3) is 5.76. The first-order chi connectivity index (χ1) is 13.0. The summed E-state index contributed by atoms with van der Waals surface area (Å²) >= 11 is 6.17. The molecular weight excluding hydrogens is 364 g/mol. The van der Waals surface area contributed by atoms with Crippen molar-refractivity contribution in [3.63, 3.8) is 0 Å². The third-order valence-corrected chi connectivity index (χ3v) is 4.49. The molecule has 3 rings (SSSR count). The number of pyridine rings is 1. The van der Waals surface area contributed by atoms with Crippen LogP contribution in [-0.4, -0.2) is 29.9 Å². The average molecular weight is 389 g/mol. The van der Waals surface area contributed by atoms with Crippen LogP contribution in [0.4, 0.5) is 17.2 Å². The Morgan fingerprint density at radius 2 is 1.78 bits per heavy atom. The largest absolute Gasteiger partial charge is 0.356 e. The van der Waals surface area contributed by atoms with Gasteiger partial charge in [-0.3, -0.25) is 4.79 Å². The lowest BCUT2D eigenvalue weighted by atomic mass is 10.1. The molecule has 0 amide bonds. The molecule has 1 aromatic heterocycles. The second-order valence-corrected chi connectivity index (χ2v) is 6.51. The zero-order chi connectivity index (χ0) is 19.8. The molecule has 1 aliphatic rings. The molecule has 1 aromatic carbocycles. The molecule has 0 saturated carbocycles. The maximum atomic E-state index is 11.3. The van der Waals surface area contributed by atoms with Gasteiger partial charge in [-0.15, -0.1) is 0 Å². The van der Waals surface area contributed by atoms with Crippen molar-refractivity contribution in [2.75, 3.05) is 23.3 Å². The van der Waals surface area contributed by atoms with Crippen LogP contribution < -0.4 is 10.2 Å². The fourth-order valence-corrected chi connectivity index (χ4v) is 3.08. The Bertz CT molecular complexity index is 772.